The van der Waals surface area contributed by atoms with Gasteiger partial charge >= 0.3 is 0 Å². The van der Waals surface area contributed by atoms with Crippen LogP contribution >= 0.6 is 27.5 Å². The number of hydrogen-bond acceptors (Lipinski definition) is 4. The fraction of sp³-hybridized carbons (Fsp3) is 0.100. The molecule has 0 aliphatic heterocycles. The predicted octanol–water partition coefficient (Wildman–Crippen LogP) is 5.21. The van der Waals surface area contributed by atoms with Crippen molar-refractivity contribution < 1.29 is 4.74 Å². The maximum atomic E-state index is 6.45. The Labute approximate surface area is 169 Å². The van der Waals surface area contributed by atoms with Crippen LogP contribution in [0.2, 0.25) is 5.02 Å². The number of nitrogens with two attached hydrogens (primary N) is 1. The van der Waals surface area contributed by atoms with Crippen LogP contribution in [0.1, 0.15) is 5.69 Å². The maximum absolute atomic E-state index is 6.45. The first-order valence-corrected chi connectivity index (χ1v) is 9.42. The predicted molar refractivity (Wildman–Crippen MR) is 112 cm³/mol. The summed E-state index contributed by atoms with van der Waals surface area (Å²) in [5.41, 5.74) is 11.6. The Balaban J connectivity index is 1.93. The average Bonchev–Trinajstić information content (AvgIpc) is 3.03. The number of benzene rings is 2. The Morgan fingerprint density at radius 3 is 2.41 bits per heavy atom. The molecule has 2 aromatic carbocycles. The molecule has 0 fully saturated rings. The SMILES string of the molecule is COCc1nn2c(N)c(-c3ccc(Cl)cc3)cnc2c1-c1ccc(Br)cc1. The number of hydrogen-bond donors (Lipinski definition) is 1. The molecule has 27 heavy (non-hydrogen) atoms. The van der Waals surface area contributed by atoms with Gasteiger partial charge in [-0.3, -0.25) is 0 Å². The van der Waals surface area contributed by atoms with Crippen LogP contribution in [0.25, 0.3) is 27.9 Å². The standard InChI is InChI=1S/C20H16BrClN4O/c1-27-11-17-18(13-2-6-14(21)7-3-13)20-24-10-16(19(23)26(20)25-17)12-4-8-15(22)9-5-12/h2-10H,11,23H2,1H3. The highest BCUT2D eigenvalue weighted by atomic mass is 79.9. The molecule has 7 heteroatoms. The Hall–Kier alpha value is -2.41. The van der Waals surface area contributed by atoms with Gasteiger partial charge in [0.1, 0.15) is 5.82 Å². The van der Waals surface area contributed by atoms with Gasteiger partial charge in [0.25, 0.3) is 0 Å². The minimum atomic E-state index is 0.366. The fourth-order valence-corrected chi connectivity index (χ4v) is 3.44. The molecular weight excluding hydrogens is 428 g/mol. The largest absolute Gasteiger partial charge is 0.383 e. The molecule has 2 heterocycles. The van der Waals surface area contributed by atoms with E-state index in [2.05, 4.69) is 26.0 Å². The van der Waals surface area contributed by atoms with Gasteiger partial charge in [0.2, 0.25) is 0 Å². The summed E-state index contributed by atoms with van der Waals surface area (Å²) in [7, 11) is 1.64. The Bertz CT molecular complexity index is 1110. The molecule has 0 saturated heterocycles. The first kappa shape index (κ1) is 18.0. The Morgan fingerprint density at radius 1 is 1.07 bits per heavy atom. The number of aromatic nitrogens is 3. The van der Waals surface area contributed by atoms with E-state index in [1.54, 1.807) is 17.8 Å². The van der Waals surface area contributed by atoms with E-state index in [-0.39, 0.29) is 0 Å². The van der Waals surface area contributed by atoms with Crippen molar-refractivity contribution in [3.05, 3.63) is 69.9 Å². The number of anilines is 1. The van der Waals surface area contributed by atoms with Gasteiger partial charge in [0.15, 0.2) is 5.65 Å². The van der Waals surface area contributed by atoms with Crippen molar-refractivity contribution in [2.24, 2.45) is 0 Å². The topological polar surface area (TPSA) is 65.4 Å². The van der Waals surface area contributed by atoms with Crippen molar-refractivity contribution in [2.75, 3.05) is 12.8 Å². The van der Waals surface area contributed by atoms with E-state index in [1.807, 2.05) is 48.5 Å². The van der Waals surface area contributed by atoms with Crippen LogP contribution in [0, 0.1) is 0 Å². The molecule has 4 rings (SSSR count). The van der Waals surface area contributed by atoms with E-state index in [0.29, 0.717) is 23.1 Å². The number of methoxy groups -OCH3 is 1. The molecule has 0 radical (unpaired) electrons. The smallest absolute Gasteiger partial charge is 0.165 e. The molecule has 0 aliphatic rings. The molecule has 2 N–H and O–H groups in total. The highest BCUT2D eigenvalue weighted by Crippen LogP contribution is 2.33. The van der Waals surface area contributed by atoms with E-state index in [1.165, 1.54) is 0 Å². The minimum absolute atomic E-state index is 0.366. The molecule has 2 aromatic heterocycles. The highest BCUT2D eigenvalue weighted by Gasteiger charge is 2.19. The lowest BCUT2D eigenvalue weighted by Gasteiger charge is -2.08. The Morgan fingerprint density at radius 2 is 1.74 bits per heavy atom. The molecule has 0 aliphatic carbocycles. The third-order valence-corrected chi connectivity index (χ3v) is 5.10. The van der Waals surface area contributed by atoms with Gasteiger partial charge in [0.05, 0.1) is 17.9 Å². The highest BCUT2D eigenvalue weighted by molar-refractivity contribution is 9.10. The molecule has 0 saturated carbocycles. The van der Waals surface area contributed by atoms with Crippen LogP contribution in [0.15, 0.2) is 59.2 Å². The summed E-state index contributed by atoms with van der Waals surface area (Å²) in [6.07, 6.45) is 1.77. The minimum Gasteiger partial charge on any atom is -0.383 e. The summed E-state index contributed by atoms with van der Waals surface area (Å²) in [6.45, 7) is 0.366. The number of nitrogen functional groups attached to an aromatic ring is 1. The summed E-state index contributed by atoms with van der Waals surface area (Å²) < 4.78 is 8.03. The molecule has 5 nitrogen and oxygen atoms in total. The maximum Gasteiger partial charge on any atom is 0.165 e. The van der Waals surface area contributed by atoms with E-state index < -0.39 is 0 Å². The summed E-state index contributed by atoms with van der Waals surface area (Å²) in [5.74, 6) is 0.517. The summed E-state index contributed by atoms with van der Waals surface area (Å²) in [6, 6.07) is 15.5. The van der Waals surface area contributed by atoms with E-state index in [9.17, 15) is 0 Å². The zero-order valence-corrected chi connectivity index (χ0v) is 16.8. The van der Waals surface area contributed by atoms with Gasteiger partial charge in [-0.05, 0) is 35.4 Å². The lowest BCUT2D eigenvalue weighted by Crippen LogP contribution is -2.03. The van der Waals surface area contributed by atoms with Crippen LogP contribution in [-0.2, 0) is 11.3 Å². The van der Waals surface area contributed by atoms with Crippen LogP contribution in [0.4, 0.5) is 5.82 Å². The first-order chi connectivity index (χ1) is 13.1. The molecule has 0 atom stereocenters. The first-order valence-electron chi connectivity index (χ1n) is 8.25. The summed E-state index contributed by atoms with van der Waals surface area (Å²) in [4.78, 5) is 4.66. The number of nitrogens with zero attached hydrogens (tertiary/aromatic N) is 3. The summed E-state index contributed by atoms with van der Waals surface area (Å²) >= 11 is 9.46. The quantitative estimate of drug-likeness (QED) is 0.470. The van der Waals surface area contributed by atoms with Crippen LogP contribution in [0.3, 0.4) is 0 Å². The lowest BCUT2D eigenvalue weighted by atomic mass is 10.1. The van der Waals surface area contributed by atoms with Crippen LogP contribution in [0.5, 0.6) is 0 Å². The number of ether oxygens (including phenoxy) is 1. The molecule has 136 valence electrons. The van der Waals surface area contributed by atoms with Crippen LogP contribution < -0.4 is 5.73 Å². The second-order valence-electron chi connectivity index (χ2n) is 6.06. The van der Waals surface area contributed by atoms with Crippen molar-refractivity contribution in [3.8, 4) is 22.3 Å². The van der Waals surface area contributed by atoms with Crippen molar-refractivity contribution >= 4 is 39.0 Å². The normalized spacial score (nSPS) is 11.2. The van der Waals surface area contributed by atoms with Crippen molar-refractivity contribution in [3.63, 3.8) is 0 Å². The number of fused-ring (bicyclic) bond motifs is 1. The average molecular weight is 444 g/mol. The van der Waals surface area contributed by atoms with Gasteiger partial charge in [-0.25, -0.2) is 4.98 Å². The molecule has 0 amide bonds. The van der Waals surface area contributed by atoms with Gasteiger partial charge in [-0.1, -0.05) is 51.8 Å². The molecule has 0 unspecified atom stereocenters. The zero-order chi connectivity index (χ0) is 19.0. The van der Waals surface area contributed by atoms with Crippen molar-refractivity contribution in [1.29, 1.82) is 0 Å². The van der Waals surface area contributed by atoms with Gasteiger partial charge < -0.3 is 10.5 Å². The van der Waals surface area contributed by atoms with E-state index >= 15 is 0 Å². The second-order valence-corrected chi connectivity index (χ2v) is 7.41. The third-order valence-electron chi connectivity index (χ3n) is 4.32. The molecule has 0 spiro atoms. The van der Waals surface area contributed by atoms with Crippen LogP contribution in [-0.4, -0.2) is 21.7 Å². The Kier molecular flexibility index (Phi) is 4.86. The second kappa shape index (κ2) is 7.31. The van der Waals surface area contributed by atoms with Gasteiger partial charge in [-0.2, -0.15) is 9.61 Å². The number of halogens is 2. The molecular formula is C20H16BrClN4O. The van der Waals surface area contributed by atoms with Crippen molar-refractivity contribution in [2.45, 2.75) is 6.61 Å². The van der Waals surface area contributed by atoms with Crippen molar-refractivity contribution in [1.82, 2.24) is 14.6 Å². The fourth-order valence-electron chi connectivity index (χ4n) is 3.05. The number of rotatable bonds is 4. The zero-order valence-electron chi connectivity index (χ0n) is 14.5. The molecule has 0 bridgehead atoms. The van der Waals surface area contributed by atoms with Gasteiger partial charge in [-0.15, -0.1) is 0 Å². The lowest BCUT2D eigenvalue weighted by molar-refractivity contribution is 0.181. The van der Waals surface area contributed by atoms with E-state index in [0.717, 1.165) is 32.4 Å². The van der Waals surface area contributed by atoms with Gasteiger partial charge in [0, 0.05) is 28.4 Å². The molecule has 4 aromatic rings. The van der Waals surface area contributed by atoms with E-state index in [4.69, 9.17) is 22.1 Å². The monoisotopic (exact) mass is 442 g/mol. The summed E-state index contributed by atoms with van der Waals surface area (Å²) in [5, 5.41) is 5.34. The third kappa shape index (κ3) is 3.32.